The Labute approximate surface area is 123 Å². The second-order valence-corrected chi connectivity index (χ2v) is 5.13. The van der Waals surface area contributed by atoms with Crippen LogP contribution in [0, 0.1) is 5.82 Å². The molecule has 5 heteroatoms. The Balaban J connectivity index is 2.44. The molecule has 106 valence electrons. The minimum atomic E-state index is -0.288. The van der Waals surface area contributed by atoms with Crippen LogP contribution in [0.4, 0.5) is 15.8 Å². The zero-order valence-corrected chi connectivity index (χ0v) is 12.5. The van der Waals surface area contributed by atoms with Crippen molar-refractivity contribution >= 4 is 23.0 Å². The lowest BCUT2D eigenvalue weighted by molar-refractivity contribution is 0.627. The molecule has 0 atom stereocenters. The minimum absolute atomic E-state index is 0.227. The maximum atomic E-state index is 13.9. The number of nitrogens with zero attached hydrogens (tertiary/aromatic N) is 3. The lowest BCUT2D eigenvalue weighted by Gasteiger charge is -2.22. The molecule has 0 aliphatic heterocycles. The molecule has 0 unspecified atom stereocenters. The number of aromatic nitrogens is 2. The van der Waals surface area contributed by atoms with Gasteiger partial charge in [-0.15, -0.1) is 11.6 Å². The Morgan fingerprint density at radius 2 is 1.95 bits per heavy atom. The normalized spacial score (nSPS) is 10.9. The summed E-state index contributed by atoms with van der Waals surface area (Å²) < 4.78 is 13.9. The third-order valence-corrected chi connectivity index (χ3v) is 3.34. The van der Waals surface area contributed by atoms with Gasteiger partial charge in [0, 0.05) is 13.0 Å². The smallest absolute Gasteiger partial charge is 0.146 e. The molecule has 0 N–H and O–H groups in total. The highest BCUT2D eigenvalue weighted by Gasteiger charge is 2.15. The van der Waals surface area contributed by atoms with Gasteiger partial charge in [0.1, 0.15) is 11.6 Å². The van der Waals surface area contributed by atoms with Crippen LogP contribution in [0.25, 0.3) is 0 Å². The van der Waals surface area contributed by atoms with Crippen molar-refractivity contribution in [2.45, 2.75) is 25.6 Å². The standard InChI is InChI=1S/C15H17ClFN3/c1-10(2)15-18-9-14(12(8-16)19-15)20(3)13-7-5-4-6-11(13)17/h4-7,9-10H,8H2,1-3H3. The van der Waals surface area contributed by atoms with Crippen molar-refractivity contribution in [1.82, 2.24) is 9.97 Å². The average molecular weight is 294 g/mol. The third-order valence-electron chi connectivity index (χ3n) is 3.08. The molecule has 0 fully saturated rings. The van der Waals surface area contributed by atoms with Gasteiger partial charge >= 0.3 is 0 Å². The van der Waals surface area contributed by atoms with Crippen molar-refractivity contribution in [2.24, 2.45) is 0 Å². The van der Waals surface area contributed by atoms with E-state index in [9.17, 15) is 4.39 Å². The molecular formula is C15H17ClFN3. The number of rotatable bonds is 4. The fraction of sp³-hybridized carbons (Fsp3) is 0.333. The van der Waals surface area contributed by atoms with E-state index in [1.165, 1.54) is 6.07 Å². The van der Waals surface area contributed by atoms with Crippen molar-refractivity contribution in [3.8, 4) is 0 Å². The quantitative estimate of drug-likeness (QED) is 0.789. The van der Waals surface area contributed by atoms with Crippen LogP contribution in [0.2, 0.25) is 0 Å². The molecule has 1 heterocycles. The summed E-state index contributed by atoms with van der Waals surface area (Å²) in [7, 11) is 1.78. The van der Waals surface area contributed by atoms with E-state index < -0.39 is 0 Å². The van der Waals surface area contributed by atoms with Gasteiger partial charge in [-0.3, -0.25) is 0 Å². The number of alkyl halides is 1. The molecule has 0 saturated carbocycles. The molecule has 0 bridgehead atoms. The monoisotopic (exact) mass is 293 g/mol. The van der Waals surface area contributed by atoms with E-state index >= 15 is 0 Å². The summed E-state index contributed by atoms with van der Waals surface area (Å²) in [5.74, 6) is 0.940. The van der Waals surface area contributed by atoms with Crippen LogP contribution >= 0.6 is 11.6 Å². The molecule has 0 radical (unpaired) electrons. The van der Waals surface area contributed by atoms with Gasteiger partial charge in [0.25, 0.3) is 0 Å². The summed E-state index contributed by atoms with van der Waals surface area (Å²) >= 11 is 5.97. The van der Waals surface area contributed by atoms with Crippen molar-refractivity contribution in [2.75, 3.05) is 11.9 Å². The van der Waals surface area contributed by atoms with Gasteiger partial charge in [-0.25, -0.2) is 14.4 Å². The SMILES string of the molecule is CC(C)c1ncc(N(C)c2ccccc2F)c(CCl)n1. The first-order valence-electron chi connectivity index (χ1n) is 6.44. The Hall–Kier alpha value is -1.68. The number of hydrogen-bond acceptors (Lipinski definition) is 3. The lowest BCUT2D eigenvalue weighted by Crippen LogP contribution is -2.15. The van der Waals surface area contributed by atoms with E-state index in [4.69, 9.17) is 11.6 Å². The highest BCUT2D eigenvalue weighted by molar-refractivity contribution is 6.17. The number of benzene rings is 1. The van der Waals surface area contributed by atoms with E-state index in [-0.39, 0.29) is 17.6 Å². The van der Waals surface area contributed by atoms with Gasteiger partial charge in [0.2, 0.25) is 0 Å². The van der Waals surface area contributed by atoms with Crippen molar-refractivity contribution in [3.63, 3.8) is 0 Å². The first kappa shape index (κ1) is 14.7. The lowest BCUT2D eigenvalue weighted by atomic mass is 10.2. The van der Waals surface area contributed by atoms with Crippen LogP contribution in [0.15, 0.2) is 30.5 Å². The van der Waals surface area contributed by atoms with Gasteiger partial charge in [-0.1, -0.05) is 26.0 Å². The summed E-state index contributed by atoms with van der Waals surface area (Å²) in [5, 5.41) is 0. The molecule has 3 nitrogen and oxygen atoms in total. The summed E-state index contributed by atoms with van der Waals surface area (Å²) in [6.07, 6.45) is 1.70. The molecule has 0 spiro atoms. The zero-order chi connectivity index (χ0) is 14.7. The van der Waals surface area contributed by atoms with Crippen LogP contribution in [-0.4, -0.2) is 17.0 Å². The van der Waals surface area contributed by atoms with Gasteiger partial charge in [-0.05, 0) is 12.1 Å². The number of anilines is 2. The Bertz CT molecular complexity index is 601. The van der Waals surface area contributed by atoms with Gasteiger partial charge < -0.3 is 4.90 Å². The van der Waals surface area contributed by atoms with E-state index in [1.54, 1.807) is 36.3 Å². The number of hydrogen-bond donors (Lipinski definition) is 0. The second-order valence-electron chi connectivity index (χ2n) is 4.86. The second kappa shape index (κ2) is 6.18. The molecule has 0 aliphatic carbocycles. The van der Waals surface area contributed by atoms with Crippen molar-refractivity contribution in [3.05, 3.63) is 47.8 Å². The molecule has 0 aliphatic rings. The summed E-state index contributed by atoms with van der Waals surface area (Å²) in [6.45, 7) is 4.04. The molecule has 20 heavy (non-hydrogen) atoms. The topological polar surface area (TPSA) is 29.0 Å². The summed E-state index contributed by atoms with van der Waals surface area (Å²) in [4.78, 5) is 10.5. The van der Waals surface area contributed by atoms with E-state index in [0.717, 1.165) is 11.5 Å². The van der Waals surface area contributed by atoms with Gasteiger partial charge in [0.15, 0.2) is 0 Å². The van der Waals surface area contributed by atoms with Gasteiger partial charge in [0.05, 0.1) is 29.1 Å². The molecule has 2 rings (SSSR count). The van der Waals surface area contributed by atoms with Crippen LogP contribution in [0.1, 0.15) is 31.3 Å². The van der Waals surface area contributed by atoms with E-state index in [1.807, 2.05) is 13.8 Å². The Morgan fingerprint density at radius 1 is 1.25 bits per heavy atom. The third kappa shape index (κ3) is 2.90. The first-order valence-corrected chi connectivity index (χ1v) is 6.98. The maximum Gasteiger partial charge on any atom is 0.146 e. The fourth-order valence-electron chi connectivity index (χ4n) is 1.94. The number of halogens is 2. The molecule has 2 aromatic rings. The molecule has 1 aromatic carbocycles. The van der Waals surface area contributed by atoms with Crippen LogP contribution in [0.3, 0.4) is 0 Å². The predicted octanol–water partition coefficient (Wildman–Crippen LogP) is 4.25. The van der Waals surface area contributed by atoms with Gasteiger partial charge in [-0.2, -0.15) is 0 Å². The van der Waals surface area contributed by atoms with Crippen molar-refractivity contribution < 1.29 is 4.39 Å². The minimum Gasteiger partial charge on any atom is -0.339 e. The molecule has 1 aromatic heterocycles. The van der Waals surface area contributed by atoms with Crippen LogP contribution < -0.4 is 4.90 Å². The number of para-hydroxylation sites is 1. The van der Waals surface area contributed by atoms with Crippen LogP contribution in [-0.2, 0) is 5.88 Å². The summed E-state index contributed by atoms with van der Waals surface area (Å²) in [6, 6.07) is 6.59. The van der Waals surface area contributed by atoms with Crippen molar-refractivity contribution in [1.29, 1.82) is 0 Å². The Morgan fingerprint density at radius 3 is 2.55 bits per heavy atom. The average Bonchev–Trinajstić information content (AvgIpc) is 2.46. The van der Waals surface area contributed by atoms with E-state index in [0.29, 0.717) is 11.4 Å². The summed E-state index contributed by atoms with van der Waals surface area (Å²) in [5.41, 5.74) is 1.89. The highest BCUT2D eigenvalue weighted by atomic mass is 35.5. The Kier molecular flexibility index (Phi) is 4.55. The first-order chi connectivity index (χ1) is 9.54. The fourth-order valence-corrected chi connectivity index (χ4v) is 2.13. The molecular weight excluding hydrogens is 277 g/mol. The highest BCUT2D eigenvalue weighted by Crippen LogP contribution is 2.29. The largest absolute Gasteiger partial charge is 0.339 e. The van der Waals surface area contributed by atoms with Crippen LogP contribution in [0.5, 0.6) is 0 Å². The maximum absolute atomic E-state index is 13.9. The molecule has 0 saturated heterocycles. The molecule has 0 amide bonds. The predicted molar refractivity (Wildman–Crippen MR) is 80.1 cm³/mol. The van der Waals surface area contributed by atoms with E-state index in [2.05, 4.69) is 9.97 Å². The zero-order valence-electron chi connectivity index (χ0n) is 11.8.